The van der Waals surface area contributed by atoms with Crippen molar-refractivity contribution < 1.29 is 4.79 Å². The first-order valence-corrected chi connectivity index (χ1v) is 7.19. The second kappa shape index (κ2) is 5.86. The molecule has 0 fully saturated rings. The number of para-hydroxylation sites is 1. The van der Waals surface area contributed by atoms with Crippen molar-refractivity contribution in [1.29, 1.82) is 0 Å². The Labute approximate surface area is 125 Å². The molecule has 1 aromatic carbocycles. The van der Waals surface area contributed by atoms with Crippen LogP contribution in [-0.2, 0) is 6.54 Å². The molecule has 0 saturated carbocycles. The average molecular weight is 299 g/mol. The van der Waals surface area contributed by atoms with Crippen molar-refractivity contribution in [1.82, 2.24) is 15.3 Å². The van der Waals surface area contributed by atoms with Gasteiger partial charge in [-0.1, -0.05) is 18.2 Å². The topological polar surface area (TPSA) is 92.9 Å². The number of benzene rings is 1. The molecule has 0 radical (unpaired) electrons. The number of carbonyl (C=O) groups is 1. The van der Waals surface area contributed by atoms with Crippen molar-refractivity contribution >= 4 is 34.0 Å². The fourth-order valence-corrected chi connectivity index (χ4v) is 2.58. The highest BCUT2D eigenvalue weighted by atomic mass is 32.1. The molecular formula is C14H13N5OS. The molecule has 21 heavy (non-hydrogen) atoms. The van der Waals surface area contributed by atoms with Crippen LogP contribution >= 0.6 is 11.3 Å². The average Bonchev–Trinajstić information content (AvgIpc) is 3.05. The number of anilines is 1. The van der Waals surface area contributed by atoms with Crippen molar-refractivity contribution in [2.24, 2.45) is 5.84 Å². The van der Waals surface area contributed by atoms with Gasteiger partial charge >= 0.3 is 0 Å². The number of aromatic nitrogens is 2. The lowest BCUT2D eigenvalue weighted by Crippen LogP contribution is -2.23. The standard InChI is InChI=1S/C14H13N5OS/c15-19-12-7-10(9-3-1-2-4-11(9)18-12)14(20)17-8-13-16-5-6-21-13/h1-7H,8,15H2,(H,17,20)(H,18,19). The first-order chi connectivity index (χ1) is 10.3. The molecule has 0 saturated heterocycles. The Balaban J connectivity index is 1.92. The Morgan fingerprint density at radius 2 is 2.19 bits per heavy atom. The highest BCUT2D eigenvalue weighted by Gasteiger charge is 2.12. The molecular weight excluding hydrogens is 286 g/mol. The molecule has 106 valence electrons. The molecule has 7 heteroatoms. The lowest BCUT2D eigenvalue weighted by atomic mass is 10.1. The highest BCUT2D eigenvalue weighted by molar-refractivity contribution is 7.09. The third-order valence-corrected chi connectivity index (χ3v) is 3.77. The van der Waals surface area contributed by atoms with Crippen LogP contribution in [0.5, 0.6) is 0 Å². The van der Waals surface area contributed by atoms with Gasteiger partial charge in [-0.25, -0.2) is 15.8 Å². The van der Waals surface area contributed by atoms with E-state index in [4.69, 9.17) is 5.84 Å². The zero-order valence-electron chi connectivity index (χ0n) is 11.0. The number of carbonyl (C=O) groups excluding carboxylic acids is 1. The van der Waals surface area contributed by atoms with Gasteiger partial charge in [-0.15, -0.1) is 11.3 Å². The van der Waals surface area contributed by atoms with Gasteiger partial charge in [-0.2, -0.15) is 0 Å². The number of fused-ring (bicyclic) bond motifs is 1. The van der Waals surface area contributed by atoms with E-state index in [-0.39, 0.29) is 5.91 Å². The quantitative estimate of drug-likeness (QED) is 0.505. The van der Waals surface area contributed by atoms with Gasteiger partial charge < -0.3 is 10.7 Å². The summed E-state index contributed by atoms with van der Waals surface area (Å²) in [5.41, 5.74) is 3.73. The van der Waals surface area contributed by atoms with Crippen molar-refractivity contribution in [3.8, 4) is 0 Å². The summed E-state index contributed by atoms with van der Waals surface area (Å²) in [5.74, 6) is 5.68. The lowest BCUT2D eigenvalue weighted by Gasteiger charge is -2.09. The Kier molecular flexibility index (Phi) is 3.76. The van der Waals surface area contributed by atoms with Crippen LogP contribution in [0.4, 0.5) is 5.82 Å². The minimum absolute atomic E-state index is 0.180. The van der Waals surface area contributed by atoms with Crippen molar-refractivity contribution in [2.45, 2.75) is 6.54 Å². The van der Waals surface area contributed by atoms with Crippen LogP contribution in [0.1, 0.15) is 15.4 Å². The van der Waals surface area contributed by atoms with E-state index in [1.54, 1.807) is 12.3 Å². The number of pyridine rings is 1. The zero-order valence-corrected chi connectivity index (χ0v) is 11.9. The van der Waals surface area contributed by atoms with E-state index in [1.807, 2.05) is 29.6 Å². The van der Waals surface area contributed by atoms with Crippen molar-refractivity contribution in [3.05, 3.63) is 52.5 Å². The van der Waals surface area contributed by atoms with E-state index < -0.39 is 0 Å². The number of hydrazine groups is 1. The molecule has 4 N–H and O–H groups in total. The molecule has 2 aromatic heterocycles. The normalized spacial score (nSPS) is 10.5. The molecule has 0 bridgehead atoms. The monoisotopic (exact) mass is 299 g/mol. The number of nitrogen functional groups attached to an aromatic ring is 1. The van der Waals surface area contributed by atoms with E-state index in [9.17, 15) is 4.79 Å². The van der Waals surface area contributed by atoms with Crippen LogP contribution in [0.15, 0.2) is 41.9 Å². The lowest BCUT2D eigenvalue weighted by molar-refractivity contribution is 0.0952. The van der Waals surface area contributed by atoms with Crippen molar-refractivity contribution in [2.75, 3.05) is 5.43 Å². The summed E-state index contributed by atoms with van der Waals surface area (Å²) in [6.07, 6.45) is 1.71. The largest absolute Gasteiger partial charge is 0.346 e. The van der Waals surface area contributed by atoms with Crippen LogP contribution in [0.25, 0.3) is 10.9 Å². The summed E-state index contributed by atoms with van der Waals surface area (Å²) in [6.45, 7) is 0.401. The Hall–Kier alpha value is -2.51. The summed E-state index contributed by atoms with van der Waals surface area (Å²) in [4.78, 5) is 20.8. The molecule has 0 atom stereocenters. The third-order valence-electron chi connectivity index (χ3n) is 2.99. The third kappa shape index (κ3) is 2.83. The molecule has 3 aromatic rings. The second-order valence-corrected chi connectivity index (χ2v) is 5.30. The number of amides is 1. The summed E-state index contributed by atoms with van der Waals surface area (Å²) in [5, 5.41) is 6.38. The number of nitrogens with one attached hydrogen (secondary N) is 2. The summed E-state index contributed by atoms with van der Waals surface area (Å²) in [6, 6.07) is 9.08. The van der Waals surface area contributed by atoms with E-state index in [1.165, 1.54) is 11.3 Å². The minimum Gasteiger partial charge on any atom is -0.346 e. The van der Waals surface area contributed by atoms with Gasteiger partial charge in [0.25, 0.3) is 5.91 Å². The molecule has 0 aliphatic carbocycles. The van der Waals surface area contributed by atoms with Crippen LogP contribution in [0, 0.1) is 0 Å². The predicted octanol–water partition coefficient (Wildman–Crippen LogP) is 1.91. The number of nitrogens with zero attached hydrogens (tertiary/aromatic N) is 2. The Morgan fingerprint density at radius 1 is 1.33 bits per heavy atom. The Morgan fingerprint density at radius 3 is 2.95 bits per heavy atom. The predicted molar refractivity (Wildman–Crippen MR) is 82.8 cm³/mol. The summed E-state index contributed by atoms with van der Waals surface area (Å²) in [7, 11) is 0. The SMILES string of the molecule is NNc1cc(C(=O)NCc2nccs2)c2ccccc2n1. The van der Waals surface area contributed by atoms with E-state index in [0.29, 0.717) is 23.4 Å². The van der Waals surface area contributed by atoms with E-state index in [2.05, 4.69) is 20.7 Å². The van der Waals surface area contributed by atoms with Gasteiger partial charge in [-0.3, -0.25) is 4.79 Å². The maximum Gasteiger partial charge on any atom is 0.252 e. The van der Waals surface area contributed by atoms with Gasteiger partial charge in [0.05, 0.1) is 17.6 Å². The first-order valence-electron chi connectivity index (χ1n) is 6.31. The first kappa shape index (κ1) is 13.5. The van der Waals surface area contributed by atoms with Gasteiger partial charge in [0.15, 0.2) is 0 Å². The van der Waals surface area contributed by atoms with Crippen LogP contribution in [0.2, 0.25) is 0 Å². The number of thiazole rings is 1. The Bertz CT molecular complexity index is 772. The number of hydrogen-bond donors (Lipinski definition) is 3. The van der Waals surface area contributed by atoms with Gasteiger partial charge in [0, 0.05) is 17.0 Å². The zero-order chi connectivity index (χ0) is 14.7. The highest BCUT2D eigenvalue weighted by Crippen LogP contribution is 2.20. The van der Waals surface area contributed by atoms with Crippen LogP contribution in [-0.4, -0.2) is 15.9 Å². The number of rotatable bonds is 4. The fourth-order valence-electron chi connectivity index (χ4n) is 2.03. The van der Waals surface area contributed by atoms with E-state index in [0.717, 1.165) is 10.4 Å². The molecule has 3 rings (SSSR count). The van der Waals surface area contributed by atoms with Crippen LogP contribution in [0.3, 0.4) is 0 Å². The molecule has 0 unspecified atom stereocenters. The second-order valence-electron chi connectivity index (χ2n) is 4.33. The van der Waals surface area contributed by atoms with Crippen molar-refractivity contribution in [3.63, 3.8) is 0 Å². The molecule has 2 heterocycles. The number of nitrogens with two attached hydrogens (primary N) is 1. The molecule has 1 amide bonds. The molecule has 0 spiro atoms. The molecule has 0 aliphatic heterocycles. The molecule has 6 nitrogen and oxygen atoms in total. The minimum atomic E-state index is -0.180. The maximum atomic E-state index is 12.4. The summed E-state index contributed by atoms with van der Waals surface area (Å²) >= 11 is 1.50. The number of hydrogen-bond acceptors (Lipinski definition) is 6. The van der Waals surface area contributed by atoms with Crippen LogP contribution < -0.4 is 16.6 Å². The van der Waals surface area contributed by atoms with Gasteiger partial charge in [-0.05, 0) is 12.1 Å². The van der Waals surface area contributed by atoms with Gasteiger partial charge in [0.1, 0.15) is 10.8 Å². The summed E-state index contributed by atoms with van der Waals surface area (Å²) < 4.78 is 0. The van der Waals surface area contributed by atoms with E-state index >= 15 is 0 Å². The maximum absolute atomic E-state index is 12.4. The fraction of sp³-hybridized carbons (Fsp3) is 0.0714. The van der Waals surface area contributed by atoms with Gasteiger partial charge in [0.2, 0.25) is 0 Å². The smallest absolute Gasteiger partial charge is 0.252 e. The molecule has 0 aliphatic rings.